The minimum Gasteiger partial charge on any atom is -0.466 e. The van der Waals surface area contributed by atoms with Crippen LogP contribution in [0.1, 0.15) is 30.0 Å². The Hall–Kier alpha value is -1.59. The topological polar surface area (TPSA) is 54.3 Å². The number of amides is 1. The molecule has 2 aromatic rings. The summed E-state index contributed by atoms with van der Waals surface area (Å²) in [7, 11) is 0. The van der Waals surface area contributed by atoms with Crippen molar-refractivity contribution >= 4 is 27.5 Å². The summed E-state index contributed by atoms with van der Waals surface area (Å²) >= 11 is 3.36. The Morgan fingerprint density at radius 3 is 2.52 bits per heavy atom. The van der Waals surface area contributed by atoms with E-state index in [1.807, 2.05) is 51.1 Å². The quantitative estimate of drug-likeness (QED) is 0.858. The minimum absolute atomic E-state index is 0.0676. The zero-order valence-corrected chi connectivity index (χ0v) is 14.0. The van der Waals surface area contributed by atoms with Crippen LogP contribution in [-0.2, 0) is 4.79 Å². The average Bonchev–Trinajstić information content (AvgIpc) is 2.78. The molecule has 1 atom stereocenters. The van der Waals surface area contributed by atoms with Crippen LogP contribution in [0.4, 0.5) is 5.69 Å². The van der Waals surface area contributed by atoms with Gasteiger partial charge in [-0.3, -0.25) is 4.79 Å². The second-order valence-corrected chi connectivity index (χ2v) is 5.94. The van der Waals surface area contributed by atoms with Gasteiger partial charge in [-0.1, -0.05) is 15.9 Å². The molecule has 4 nitrogen and oxygen atoms in total. The molecule has 0 fully saturated rings. The van der Waals surface area contributed by atoms with E-state index in [1.165, 1.54) is 0 Å². The van der Waals surface area contributed by atoms with E-state index in [0.29, 0.717) is 0 Å². The summed E-state index contributed by atoms with van der Waals surface area (Å²) in [5.74, 6) is 1.71. The van der Waals surface area contributed by atoms with Crippen molar-refractivity contribution in [3.05, 3.63) is 51.9 Å². The standard InChI is InChI=1S/C16H19BrN2O2/c1-10-8-15(12(3)21-10)11(2)18-9-16(20)19-14-6-4-13(17)5-7-14/h4-8,11,18H,9H2,1-3H3,(H,19,20). The maximum absolute atomic E-state index is 11.9. The van der Waals surface area contributed by atoms with Crippen molar-refractivity contribution in [1.29, 1.82) is 0 Å². The molecule has 0 radical (unpaired) electrons. The predicted octanol–water partition coefficient (Wildman–Crippen LogP) is 3.95. The molecule has 0 saturated heterocycles. The van der Waals surface area contributed by atoms with Gasteiger partial charge in [0, 0.05) is 21.8 Å². The van der Waals surface area contributed by atoms with E-state index in [0.717, 1.165) is 27.2 Å². The van der Waals surface area contributed by atoms with Crippen LogP contribution in [0.2, 0.25) is 0 Å². The normalized spacial score (nSPS) is 12.2. The van der Waals surface area contributed by atoms with Gasteiger partial charge in [0.1, 0.15) is 11.5 Å². The molecular formula is C16H19BrN2O2. The van der Waals surface area contributed by atoms with Crippen molar-refractivity contribution in [3.8, 4) is 0 Å². The summed E-state index contributed by atoms with van der Waals surface area (Å²) in [6.45, 7) is 6.12. The molecule has 2 rings (SSSR count). The highest BCUT2D eigenvalue weighted by molar-refractivity contribution is 9.10. The second kappa shape index (κ2) is 6.91. The fourth-order valence-corrected chi connectivity index (χ4v) is 2.44. The van der Waals surface area contributed by atoms with Crippen LogP contribution in [0.3, 0.4) is 0 Å². The van der Waals surface area contributed by atoms with Crippen molar-refractivity contribution in [2.24, 2.45) is 0 Å². The van der Waals surface area contributed by atoms with Gasteiger partial charge in [-0.15, -0.1) is 0 Å². The van der Waals surface area contributed by atoms with Gasteiger partial charge < -0.3 is 15.1 Å². The summed E-state index contributed by atoms with van der Waals surface area (Å²) in [5.41, 5.74) is 1.87. The molecule has 0 bridgehead atoms. The molecule has 1 unspecified atom stereocenters. The van der Waals surface area contributed by atoms with Gasteiger partial charge in [-0.2, -0.15) is 0 Å². The van der Waals surface area contributed by atoms with E-state index < -0.39 is 0 Å². The first-order valence-electron chi connectivity index (χ1n) is 6.81. The summed E-state index contributed by atoms with van der Waals surface area (Å²) in [6, 6.07) is 9.56. The number of nitrogens with one attached hydrogen (secondary N) is 2. The van der Waals surface area contributed by atoms with Gasteiger partial charge in [-0.25, -0.2) is 0 Å². The second-order valence-electron chi connectivity index (χ2n) is 5.03. The smallest absolute Gasteiger partial charge is 0.238 e. The van der Waals surface area contributed by atoms with Crippen LogP contribution in [0, 0.1) is 13.8 Å². The van der Waals surface area contributed by atoms with Crippen molar-refractivity contribution < 1.29 is 9.21 Å². The van der Waals surface area contributed by atoms with Crippen molar-refractivity contribution in [1.82, 2.24) is 5.32 Å². The molecule has 0 saturated carbocycles. The van der Waals surface area contributed by atoms with Crippen molar-refractivity contribution in [2.45, 2.75) is 26.8 Å². The first-order valence-corrected chi connectivity index (χ1v) is 7.60. The lowest BCUT2D eigenvalue weighted by molar-refractivity contribution is -0.115. The van der Waals surface area contributed by atoms with E-state index in [9.17, 15) is 4.79 Å². The van der Waals surface area contributed by atoms with Crippen LogP contribution in [-0.4, -0.2) is 12.5 Å². The minimum atomic E-state index is -0.0676. The van der Waals surface area contributed by atoms with Crippen LogP contribution >= 0.6 is 15.9 Å². The molecule has 112 valence electrons. The molecule has 1 aromatic heterocycles. The predicted molar refractivity (Wildman–Crippen MR) is 87.4 cm³/mol. The Kier molecular flexibility index (Phi) is 5.20. The van der Waals surface area contributed by atoms with Crippen LogP contribution in [0.15, 0.2) is 39.2 Å². The number of anilines is 1. The lowest BCUT2D eigenvalue weighted by atomic mass is 10.1. The molecule has 1 heterocycles. The number of aryl methyl sites for hydroxylation is 2. The van der Waals surface area contributed by atoms with Gasteiger partial charge in [-0.05, 0) is 51.1 Å². The van der Waals surface area contributed by atoms with Crippen LogP contribution in [0.5, 0.6) is 0 Å². The number of hydrogen-bond donors (Lipinski definition) is 2. The molecule has 2 N–H and O–H groups in total. The maximum atomic E-state index is 11.9. The summed E-state index contributed by atoms with van der Waals surface area (Å²) in [4.78, 5) is 11.9. The highest BCUT2D eigenvalue weighted by atomic mass is 79.9. The number of carbonyl (C=O) groups excluding carboxylic acids is 1. The Labute approximate surface area is 133 Å². The van der Waals surface area contributed by atoms with E-state index >= 15 is 0 Å². The Bertz CT molecular complexity index is 620. The van der Waals surface area contributed by atoms with Crippen molar-refractivity contribution in [3.63, 3.8) is 0 Å². The molecule has 0 aliphatic rings. The third-order valence-electron chi connectivity index (χ3n) is 3.24. The van der Waals surface area contributed by atoms with Gasteiger partial charge >= 0.3 is 0 Å². The maximum Gasteiger partial charge on any atom is 0.238 e. The van der Waals surface area contributed by atoms with E-state index in [1.54, 1.807) is 0 Å². The molecule has 0 spiro atoms. The Balaban J connectivity index is 1.86. The van der Waals surface area contributed by atoms with E-state index in [2.05, 4.69) is 26.6 Å². The zero-order chi connectivity index (χ0) is 15.4. The number of hydrogen-bond acceptors (Lipinski definition) is 3. The van der Waals surface area contributed by atoms with E-state index in [4.69, 9.17) is 4.42 Å². The molecule has 0 aliphatic heterocycles. The van der Waals surface area contributed by atoms with Crippen LogP contribution < -0.4 is 10.6 Å². The van der Waals surface area contributed by atoms with Gasteiger partial charge in [0.05, 0.1) is 6.54 Å². The fourth-order valence-electron chi connectivity index (χ4n) is 2.17. The molecular weight excluding hydrogens is 332 g/mol. The SMILES string of the molecule is Cc1cc(C(C)NCC(=O)Nc2ccc(Br)cc2)c(C)o1. The third kappa shape index (κ3) is 4.44. The largest absolute Gasteiger partial charge is 0.466 e. The molecule has 1 amide bonds. The monoisotopic (exact) mass is 350 g/mol. The first-order chi connectivity index (χ1) is 9.95. The number of rotatable bonds is 5. The van der Waals surface area contributed by atoms with Gasteiger partial charge in [0.25, 0.3) is 0 Å². The Morgan fingerprint density at radius 1 is 1.29 bits per heavy atom. The number of benzene rings is 1. The third-order valence-corrected chi connectivity index (χ3v) is 3.77. The molecule has 0 aliphatic carbocycles. The van der Waals surface area contributed by atoms with Crippen molar-refractivity contribution in [2.75, 3.05) is 11.9 Å². The van der Waals surface area contributed by atoms with Crippen LogP contribution in [0.25, 0.3) is 0 Å². The zero-order valence-electron chi connectivity index (χ0n) is 12.4. The first kappa shape index (κ1) is 15.8. The summed E-state index contributed by atoms with van der Waals surface area (Å²) in [6.07, 6.45) is 0. The highest BCUT2D eigenvalue weighted by Crippen LogP contribution is 2.21. The molecule has 5 heteroatoms. The molecule has 21 heavy (non-hydrogen) atoms. The van der Waals surface area contributed by atoms with E-state index in [-0.39, 0.29) is 18.5 Å². The summed E-state index contributed by atoms with van der Waals surface area (Å²) in [5, 5.41) is 6.05. The number of furan rings is 1. The number of carbonyl (C=O) groups is 1. The Morgan fingerprint density at radius 2 is 1.95 bits per heavy atom. The summed E-state index contributed by atoms with van der Waals surface area (Å²) < 4.78 is 6.49. The molecule has 1 aromatic carbocycles. The fraction of sp³-hybridized carbons (Fsp3) is 0.312. The average molecular weight is 351 g/mol. The highest BCUT2D eigenvalue weighted by Gasteiger charge is 2.13. The number of halogens is 1. The van der Waals surface area contributed by atoms with Gasteiger partial charge in [0.15, 0.2) is 0 Å². The van der Waals surface area contributed by atoms with Gasteiger partial charge in [0.2, 0.25) is 5.91 Å². The lowest BCUT2D eigenvalue weighted by Crippen LogP contribution is -2.30. The lowest BCUT2D eigenvalue weighted by Gasteiger charge is -2.13.